The van der Waals surface area contributed by atoms with E-state index in [1.807, 2.05) is 0 Å². The number of halogens is 2. The Balaban J connectivity index is 1.52. The summed E-state index contributed by atoms with van der Waals surface area (Å²) >= 11 is 0. The Hall–Kier alpha value is -3.56. The summed E-state index contributed by atoms with van der Waals surface area (Å²) in [6.45, 7) is -0.0405. The number of hydrogen-bond donors (Lipinski definition) is 2. The molecule has 0 atom stereocenters. The molecule has 0 aliphatic rings. The Morgan fingerprint density at radius 3 is 2.50 bits per heavy atom. The third kappa shape index (κ3) is 4.58. The van der Waals surface area contributed by atoms with E-state index < -0.39 is 23.4 Å². The van der Waals surface area contributed by atoms with Crippen molar-refractivity contribution in [2.75, 3.05) is 12.4 Å². The fraction of sp³-hybridized carbons (Fsp3) is 0.222. The van der Waals surface area contributed by atoms with E-state index in [0.29, 0.717) is 11.5 Å². The SMILES string of the molecule is COc1cccc2nnc(NC(=O)CCC(=O)NCc3cc(F)cc(F)c3)n12. The molecule has 0 radical (unpaired) electrons. The topological polar surface area (TPSA) is 97.6 Å². The Morgan fingerprint density at radius 1 is 1.07 bits per heavy atom. The molecule has 2 amide bonds. The predicted molar refractivity (Wildman–Crippen MR) is 95.6 cm³/mol. The molecule has 3 aromatic rings. The summed E-state index contributed by atoms with van der Waals surface area (Å²) < 4.78 is 33.0. The molecule has 3 rings (SSSR count). The van der Waals surface area contributed by atoms with Crippen molar-refractivity contribution in [3.63, 3.8) is 0 Å². The molecule has 0 saturated carbocycles. The van der Waals surface area contributed by atoms with Crippen molar-refractivity contribution in [2.24, 2.45) is 0 Å². The fourth-order valence-corrected chi connectivity index (χ4v) is 2.57. The van der Waals surface area contributed by atoms with Crippen molar-refractivity contribution in [1.82, 2.24) is 19.9 Å². The third-order valence-electron chi connectivity index (χ3n) is 3.84. The van der Waals surface area contributed by atoms with Crippen LogP contribution in [0.3, 0.4) is 0 Å². The average Bonchev–Trinajstić information content (AvgIpc) is 3.07. The number of benzene rings is 1. The van der Waals surface area contributed by atoms with Gasteiger partial charge in [0.15, 0.2) is 5.65 Å². The first-order chi connectivity index (χ1) is 13.5. The van der Waals surface area contributed by atoms with Gasteiger partial charge in [0.2, 0.25) is 23.6 Å². The maximum Gasteiger partial charge on any atom is 0.238 e. The van der Waals surface area contributed by atoms with Gasteiger partial charge in [0.05, 0.1) is 7.11 Å². The summed E-state index contributed by atoms with van der Waals surface area (Å²) in [5, 5.41) is 12.9. The number of carbonyl (C=O) groups excluding carboxylic acids is 2. The minimum Gasteiger partial charge on any atom is -0.482 e. The number of amides is 2. The molecule has 0 spiro atoms. The van der Waals surface area contributed by atoms with E-state index in [1.165, 1.54) is 11.5 Å². The highest BCUT2D eigenvalue weighted by atomic mass is 19.1. The van der Waals surface area contributed by atoms with E-state index in [4.69, 9.17) is 4.74 Å². The molecule has 0 fully saturated rings. The lowest BCUT2D eigenvalue weighted by Gasteiger charge is -2.08. The number of carbonyl (C=O) groups is 2. The summed E-state index contributed by atoms with van der Waals surface area (Å²) in [7, 11) is 1.48. The van der Waals surface area contributed by atoms with Gasteiger partial charge in [-0.2, -0.15) is 0 Å². The van der Waals surface area contributed by atoms with Crippen LogP contribution in [0.2, 0.25) is 0 Å². The quantitative estimate of drug-likeness (QED) is 0.645. The average molecular weight is 389 g/mol. The van der Waals surface area contributed by atoms with Crippen LogP contribution in [-0.4, -0.2) is 33.5 Å². The molecule has 0 aliphatic heterocycles. The molecule has 2 aromatic heterocycles. The van der Waals surface area contributed by atoms with Crippen LogP contribution in [0, 0.1) is 11.6 Å². The van der Waals surface area contributed by atoms with Crippen LogP contribution < -0.4 is 15.4 Å². The zero-order valence-electron chi connectivity index (χ0n) is 14.9. The van der Waals surface area contributed by atoms with Gasteiger partial charge in [-0.25, -0.2) is 13.2 Å². The summed E-state index contributed by atoms with van der Waals surface area (Å²) in [4.78, 5) is 24.0. The van der Waals surface area contributed by atoms with Gasteiger partial charge in [-0.3, -0.25) is 14.9 Å². The lowest BCUT2D eigenvalue weighted by atomic mass is 10.2. The predicted octanol–water partition coefficient (Wildman–Crippen LogP) is 2.05. The van der Waals surface area contributed by atoms with E-state index in [-0.39, 0.29) is 30.9 Å². The van der Waals surface area contributed by atoms with Gasteiger partial charge in [0.25, 0.3) is 0 Å². The number of methoxy groups -OCH3 is 1. The molecule has 146 valence electrons. The number of hydrogen-bond acceptors (Lipinski definition) is 5. The molecule has 10 heteroatoms. The highest BCUT2D eigenvalue weighted by molar-refractivity contribution is 5.92. The van der Waals surface area contributed by atoms with E-state index in [9.17, 15) is 18.4 Å². The molecule has 0 bridgehead atoms. The molecule has 0 unspecified atom stereocenters. The minimum atomic E-state index is -0.723. The second-order valence-electron chi connectivity index (χ2n) is 5.89. The van der Waals surface area contributed by atoms with Crippen molar-refractivity contribution in [2.45, 2.75) is 19.4 Å². The lowest BCUT2D eigenvalue weighted by Crippen LogP contribution is -2.24. The van der Waals surface area contributed by atoms with Crippen LogP contribution in [0.4, 0.5) is 14.7 Å². The normalized spacial score (nSPS) is 10.7. The van der Waals surface area contributed by atoms with Gasteiger partial charge < -0.3 is 10.1 Å². The van der Waals surface area contributed by atoms with Crippen LogP contribution in [0.1, 0.15) is 18.4 Å². The Labute approximate surface area is 158 Å². The minimum absolute atomic E-state index is 0.0405. The number of anilines is 1. The first kappa shape index (κ1) is 19.2. The maximum absolute atomic E-state index is 13.1. The maximum atomic E-state index is 13.1. The fourth-order valence-electron chi connectivity index (χ4n) is 2.57. The zero-order valence-corrected chi connectivity index (χ0v) is 14.9. The largest absolute Gasteiger partial charge is 0.482 e. The highest BCUT2D eigenvalue weighted by Crippen LogP contribution is 2.18. The number of aromatic nitrogens is 3. The molecule has 2 N–H and O–H groups in total. The molecule has 28 heavy (non-hydrogen) atoms. The summed E-state index contributed by atoms with van der Waals surface area (Å²) in [6.07, 6.45) is -0.203. The van der Waals surface area contributed by atoms with Crippen molar-refractivity contribution in [3.8, 4) is 5.88 Å². The van der Waals surface area contributed by atoms with Gasteiger partial charge in [0.1, 0.15) is 11.6 Å². The third-order valence-corrected chi connectivity index (χ3v) is 3.84. The van der Waals surface area contributed by atoms with Crippen molar-refractivity contribution in [3.05, 3.63) is 53.6 Å². The summed E-state index contributed by atoms with van der Waals surface area (Å²) in [5.74, 6) is -1.69. The molecular formula is C18H17F2N5O3. The van der Waals surface area contributed by atoms with Crippen molar-refractivity contribution >= 4 is 23.4 Å². The lowest BCUT2D eigenvalue weighted by molar-refractivity contribution is -0.124. The summed E-state index contributed by atoms with van der Waals surface area (Å²) in [6, 6.07) is 8.13. The smallest absolute Gasteiger partial charge is 0.238 e. The first-order valence-electron chi connectivity index (χ1n) is 8.36. The van der Waals surface area contributed by atoms with Crippen LogP contribution in [0.25, 0.3) is 5.65 Å². The van der Waals surface area contributed by atoms with Gasteiger partial charge in [-0.15, -0.1) is 10.2 Å². The van der Waals surface area contributed by atoms with Crippen molar-refractivity contribution in [1.29, 1.82) is 0 Å². The molecule has 0 saturated heterocycles. The Bertz CT molecular complexity index is 1000. The molecule has 2 heterocycles. The van der Waals surface area contributed by atoms with E-state index in [2.05, 4.69) is 20.8 Å². The number of nitrogens with zero attached hydrogens (tertiary/aromatic N) is 3. The molecular weight excluding hydrogens is 372 g/mol. The first-order valence-corrected chi connectivity index (χ1v) is 8.36. The Morgan fingerprint density at radius 2 is 1.79 bits per heavy atom. The monoisotopic (exact) mass is 389 g/mol. The van der Waals surface area contributed by atoms with Gasteiger partial charge in [-0.05, 0) is 29.8 Å². The highest BCUT2D eigenvalue weighted by Gasteiger charge is 2.14. The van der Waals surface area contributed by atoms with Crippen LogP contribution in [0.15, 0.2) is 36.4 Å². The number of ether oxygens (including phenoxy) is 1. The number of pyridine rings is 1. The van der Waals surface area contributed by atoms with Gasteiger partial charge in [0, 0.05) is 25.5 Å². The van der Waals surface area contributed by atoms with Crippen LogP contribution in [-0.2, 0) is 16.1 Å². The number of nitrogens with one attached hydrogen (secondary N) is 2. The molecule has 0 aliphatic carbocycles. The second kappa shape index (κ2) is 8.42. The van der Waals surface area contributed by atoms with E-state index in [1.54, 1.807) is 18.2 Å². The van der Waals surface area contributed by atoms with Gasteiger partial charge >= 0.3 is 0 Å². The van der Waals surface area contributed by atoms with E-state index in [0.717, 1.165) is 18.2 Å². The van der Waals surface area contributed by atoms with Gasteiger partial charge in [-0.1, -0.05) is 6.07 Å². The molecule has 8 nitrogen and oxygen atoms in total. The second-order valence-corrected chi connectivity index (χ2v) is 5.89. The van der Waals surface area contributed by atoms with Crippen LogP contribution >= 0.6 is 0 Å². The standard InChI is InChI=1S/C18H17F2N5O3/c1-28-17-4-2-3-14-23-24-18(25(14)17)22-16(27)6-5-15(26)21-10-11-7-12(19)9-13(20)8-11/h2-4,7-9H,5-6,10H2,1H3,(H,21,26)(H,22,24,27). The van der Waals surface area contributed by atoms with Crippen molar-refractivity contribution < 1.29 is 23.1 Å². The van der Waals surface area contributed by atoms with E-state index >= 15 is 0 Å². The van der Waals surface area contributed by atoms with Crippen LogP contribution in [0.5, 0.6) is 5.88 Å². The number of rotatable bonds is 7. The summed E-state index contributed by atoms with van der Waals surface area (Å²) in [5.41, 5.74) is 0.784. The zero-order chi connectivity index (χ0) is 20.1. The number of fused-ring (bicyclic) bond motifs is 1. The Kier molecular flexibility index (Phi) is 5.78. The molecule has 1 aromatic carbocycles.